The first kappa shape index (κ1) is 27.5. The smallest absolute Gasteiger partial charge is 0.277 e. The lowest BCUT2D eigenvalue weighted by Gasteiger charge is -2.16. The summed E-state index contributed by atoms with van der Waals surface area (Å²) in [7, 11) is 3.46. The van der Waals surface area contributed by atoms with E-state index in [1.54, 1.807) is 24.0 Å². The highest BCUT2D eigenvalue weighted by Gasteiger charge is 2.16. The summed E-state index contributed by atoms with van der Waals surface area (Å²) in [5, 5.41) is 7.35. The predicted octanol–water partition coefficient (Wildman–Crippen LogP) is 4.39. The summed E-state index contributed by atoms with van der Waals surface area (Å²) in [6.45, 7) is 8.97. The summed E-state index contributed by atoms with van der Waals surface area (Å²) in [6, 6.07) is 16.0. The Kier molecular flexibility index (Phi) is 7.80. The van der Waals surface area contributed by atoms with Crippen LogP contribution in [0.25, 0.3) is 28.0 Å². The summed E-state index contributed by atoms with van der Waals surface area (Å²) in [4.78, 5) is 27.2. The zero-order valence-electron chi connectivity index (χ0n) is 23.8. The molecule has 208 valence electrons. The lowest BCUT2D eigenvalue weighted by atomic mass is 10.1. The SMILES string of the molecule is C=C(CNC)Nc1cnc(-c2cccc(C(N)=NC)c2)n(Cc2cncc(-n3cc(C)c4cc(C)ccc43)c2)c1=O. The number of amidine groups is 1. The molecule has 0 atom stereocenters. The van der Waals surface area contributed by atoms with Crippen molar-refractivity contribution in [3.8, 4) is 17.1 Å². The summed E-state index contributed by atoms with van der Waals surface area (Å²) in [5.41, 5.74) is 13.6. The van der Waals surface area contributed by atoms with Crippen LogP contribution in [0.5, 0.6) is 0 Å². The Bertz CT molecular complexity index is 1850. The Hall–Kier alpha value is -5.02. The molecule has 3 aromatic heterocycles. The third-order valence-electron chi connectivity index (χ3n) is 6.96. The Morgan fingerprint density at radius 3 is 2.71 bits per heavy atom. The molecular formula is C32H34N8O. The largest absolute Gasteiger partial charge is 0.384 e. The molecule has 0 unspecified atom stereocenters. The molecule has 0 spiro atoms. The Morgan fingerprint density at radius 1 is 1.10 bits per heavy atom. The zero-order chi connectivity index (χ0) is 29.1. The Morgan fingerprint density at radius 2 is 1.93 bits per heavy atom. The number of rotatable bonds is 9. The molecule has 5 rings (SSSR count). The van der Waals surface area contributed by atoms with Gasteiger partial charge in [0.1, 0.15) is 17.3 Å². The van der Waals surface area contributed by atoms with E-state index in [4.69, 9.17) is 10.7 Å². The number of likely N-dealkylation sites (N-methyl/N-ethyl adjacent to an activating group) is 1. The van der Waals surface area contributed by atoms with Gasteiger partial charge in [-0.2, -0.15) is 0 Å². The van der Waals surface area contributed by atoms with E-state index in [9.17, 15) is 4.79 Å². The molecule has 0 amide bonds. The molecule has 9 nitrogen and oxygen atoms in total. The second-order valence-electron chi connectivity index (χ2n) is 10.1. The second-order valence-corrected chi connectivity index (χ2v) is 10.1. The van der Waals surface area contributed by atoms with Crippen molar-refractivity contribution in [2.45, 2.75) is 20.4 Å². The third-order valence-corrected chi connectivity index (χ3v) is 6.96. The van der Waals surface area contributed by atoms with Gasteiger partial charge in [0.15, 0.2) is 0 Å². The van der Waals surface area contributed by atoms with Crippen molar-refractivity contribution in [3.63, 3.8) is 0 Å². The maximum absolute atomic E-state index is 13.9. The predicted molar refractivity (Wildman–Crippen MR) is 167 cm³/mol. The number of anilines is 1. The fourth-order valence-corrected chi connectivity index (χ4v) is 4.95. The van der Waals surface area contributed by atoms with E-state index in [0.717, 1.165) is 27.9 Å². The van der Waals surface area contributed by atoms with Crippen LogP contribution in [0, 0.1) is 13.8 Å². The molecule has 0 aliphatic rings. The minimum absolute atomic E-state index is 0.224. The molecule has 0 saturated heterocycles. The van der Waals surface area contributed by atoms with Gasteiger partial charge in [0, 0.05) is 48.2 Å². The molecule has 9 heteroatoms. The number of benzene rings is 2. The zero-order valence-corrected chi connectivity index (χ0v) is 23.8. The van der Waals surface area contributed by atoms with Crippen LogP contribution in [0.1, 0.15) is 22.3 Å². The molecule has 0 aliphatic carbocycles. The summed E-state index contributed by atoms with van der Waals surface area (Å²) >= 11 is 0. The van der Waals surface area contributed by atoms with Gasteiger partial charge in [-0.15, -0.1) is 0 Å². The van der Waals surface area contributed by atoms with Crippen molar-refractivity contribution < 1.29 is 0 Å². The molecule has 2 aromatic carbocycles. The van der Waals surface area contributed by atoms with E-state index < -0.39 is 0 Å². The van der Waals surface area contributed by atoms with Gasteiger partial charge in [0.05, 0.1) is 30.1 Å². The van der Waals surface area contributed by atoms with E-state index in [1.165, 1.54) is 16.5 Å². The van der Waals surface area contributed by atoms with Crippen LogP contribution in [0.4, 0.5) is 5.69 Å². The van der Waals surface area contributed by atoms with Crippen molar-refractivity contribution in [2.75, 3.05) is 26.0 Å². The van der Waals surface area contributed by atoms with Crippen LogP contribution in [-0.2, 0) is 6.54 Å². The van der Waals surface area contributed by atoms with E-state index >= 15 is 0 Å². The van der Waals surface area contributed by atoms with Crippen LogP contribution >= 0.6 is 0 Å². The lowest BCUT2D eigenvalue weighted by Crippen LogP contribution is -2.28. The van der Waals surface area contributed by atoms with Gasteiger partial charge in [-0.1, -0.05) is 36.4 Å². The fraction of sp³-hybridized carbons (Fsp3) is 0.188. The van der Waals surface area contributed by atoms with Crippen molar-refractivity contribution in [1.29, 1.82) is 0 Å². The van der Waals surface area contributed by atoms with Gasteiger partial charge in [0.25, 0.3) is 5.56 Å². The third kappa shape index (κ3) is 5.66. The number of aryl methyl sites for hydroxylation is 2. The number of fused-ring (bicyclic) bond motifs is 1. The second kappa shape index (κ2) is 11.6. The van der Waals surface area contributed by atoms with Crippen LogP contribution in [0.2, 0.25) is 0 Å². The number of nitrogens with two attached hydrogens (primary N) is 1. The number of aliphatic imine (C=N–C) groups is 1. The van der Waals surface area contributed by atoms with Crippen LogP contribution < -0.4 is 21.9 Å². The minimum atomic E-state index is -0.224. The molecule has 3 heterocycles. The molecule has 0 fully saturated rings. The first-order valence-corrected chi connectivity index (χ1v) is 13.3. The van der Waals surface area contributed by atoms with Gasteiger partial charge in [0.2, 0.25) is 0 Å². The first-order valence-electron chi connectivity index (χ1n) is 13.3. The van der Waals surface area contributed by atoms with Gasteiger partial charge in [-0.3, -0.25) is 19.3 Å². The topological polar surface area (TPSA) is 115 Å². The van der Waals surface area contributed by atoms with Gasteiger partial charge in [-0.25, -0.2) is 4.98 Å². The maximum atomic E-state index is 13.9. The monoisotopic (exact) mass is 546 g/mol. The molecular weight excluding hydrogens is 512 g/mol. The van der Waals surface area contributed by atoms with Crippen molar-refractivity contribution in [2.24, 2.45) is 10.7 Å². The number of hydrogen-bond donors (Lipinski definition) is 3. The van der Waals surface area contributed by atoms with Gasteiger partial charge >= 0.3 is 0 Å². The van der Waals surface area contributed by atoms with Gasteiger partial charge in [-0.05, 0) is 56.3 Å². The summed E-state index contributed by atoms with van der Waals surface area (Å²) < 4.78 is 3.79. The molecule has 0 saturated carbocycles. The minimum Gasteiger partial charge on any atom is -0.384 e. The Balaban J connectivity index is 1.61. The molecule has 0 radical (unpaired) electrons. The van der Waals surface area contributed by atoms with Crippen molar-refractivity contribution in [3.05, 3.63) is 118 Å². The normalized spacial score (nSPS) is 11.7. The van der Waals surface area contributed by atoms with Crippen LogP contribution in [0.15, 0.2) is 95.4 Å². The van der Waals surface area contributed by atoms with Crippen LogP contribution in [0.3, 0.4) is 0 Å². The van der Waals surface area contributed by atoms with E-state index in [1.807, 2.05) is 37.5 Å². The fourth-order valence-electron chi connectivity index (χ4n) is 4.95. The highest BCUT2D eigenvalue weighted by molar-refractivity contribution is 5.98. The quantitative estimate of drug-likeness (QED) is 0.187. The van der Waals surface area contributed by atoms with E-state index in [-0.39, 0.29) is 12.1 Å². The molecule has 5 aromatic rings. The molecule has 4 N–H and O–H groups in total. The lowest BCUT2D eigenvalue weighted by molar-refractivity contribution is 0.745. The Labute approximate surface area is 239 Å². The average molecular weight is 547 g/mol. The number of hydrogen-bond acceptors (Lipinski definition) is 6. The number of nitrogens with zero attached hydrogens (tertiary/aromatic N) is 5. The molecule has 0 bridgehead atoms. The number of pyridine rings is 1. The standard InChI is InChI=1S/C32H34N8O/c1-20-9-10-29-27(11-20)21(2)18-39(29)26-12-23(15-36-16-26)19-40-31(25-8-6-7-24(13-25)30(33)35-5)37-17-28(32(40)41)38-22(3)14-34-4/h6-13,15-18,34,38H,3,14,19H2,1-2,4-5H3,(H2,33,35). The number of nitrogens with one attached hydrogen (secondary N) is 2. The average Bonchev–Trinajstić information content (AvgIpc) is 3.30. The van der Waals surface area contributed by atoms with Crippen LogP contribution in [-0.4, -0.2) is 45.6 Å². The van der Waals surface area contributed by atoms with Gasteiger partial charge < -0.3 is 20.9 Å². The highest BCUT2D eigenvalue weighted by Crippen LogP contribution is 2.26. The summed E-state index contributed by atoms with van der Waals surface area (Å²) in [6.07, 6.45) is 7.28. The molecule has 0 aliphatic heterocycles. The summed E-state index contributed by atoms with van der Waals surface area (Å²) in [5.74, 6) is 0.914. The van der Waals surface area contributed by atoms with Crippen molar-refractivity contribution >= 4 is 22.4 Å². The first-order chi connectivity index (χ1) is 19.8. The maximum Gasteiger partial charge on any atom is 0.277 e. The number of aromatic nitrogens is 4. The van der Waals surface area contributed by atoms with E-state index in [2.05, 4.69) is 76.1 Å². The molecule has 41 heavy (non-hydrogen) atoms. The highest BCUT2D eigenvalue weighted by atomic mass is 16.1. The van der Waals surface area contributed by atoms with E-state index in [0.29, 0.717) is 29.6 Å². The van der Waals surface area contributed by atoms with Crippen molar-refractivity contribution in [1.82, 2.24) is 24.4 Å².